The second kappa shape index (κ2) is 3.44. The van der Waals surface area contributed by atoms with Crippen molar-refractivity contribution in [3.8, 4) is 0 Å². The third-order valence-corrected chi connectivity index (χ3v) is 4.19. The minimum absolute atomic E-state index is 0.0568. The van der Waals surface area contributed by atoms with Crippen LogP contribution in [0.2, 0.25) is 0 Å². The summed E-state index contributed by atoms with van der Waals surface area (Å²) in [6, 6.07) is 4.19. The number of nitrogens with two attached hydrogens (primary N) is 1. The van der Waals surface area contributed by atoms with E-state index in [0.717, 1.165) is 6.26 Å². The zero-order valence-corrected chi connectivity index (χ0v) is 10.3. The van der Waals surface area contributed by atoms with Crippen LogP contribution in [0.25, 0.3) is 0 Å². The van der Waals surface area contributed by atoms with Gasteiger partial charge in [-0.3, -0.25) is 4.72 Å². The summed E-state index contributed by atoms with van der Waals surface area (Å²) in [6.07, 6.45) is 1.01. The zero-order valence-electron chi connectivity index (χ0n) is 8.71. The van der Waals surface area contributed by atoms with Crippen LogP contribution in [0, 0.1) is 0 Å². The first-order chi connectivity index (χ1) is 7.71. The highest BCUT2D eigenvalue weighted by Crippen LogP contribution is 2.27. The first-order valence-electron chi connectivity index (χ1n) is 4.42. The van der Waals surface area contributed by atoms with Crippen LogP contribution >= 0.6 is 0 Å². The molecule has 0 atom stereocenters. The molecule has 9 heteroatoms. The van der Waals surface area contributed by atoms with E-state index >= 15 is 0 Å². The number of amidine groups is 1. The standard InChI is InChI=1S/C8H9N3O4S2/c1-16(12,13)6-4-2-3-5-7(6)8(9)11-17(14,15)10-5/h2-4,10H,1H3,(H2,9,11). The maximum atomic E-state index is 11.5. The van der Waals surface area contributed by atoms with E-state index in [2.05, 4.69) is 9.12 Å². The molecule has 2 rings (SSSR count). The largest absolute Gasteiger partial charge is 0.382 e. The Kier molecular flexibility index (Phi) is 2.40. The zero-order chi connectivity index (χ0) is 12.8. The fourth-order valence-corrected chi connectivity index (χ4v) is 3.28. The van der Waals surface area contributed by atoms with E-state index in [1.54, 1.807) is 0 Å². The maximum absolute atomic E-state index is 11.5. The molecule has 0 saturated heterocycles. The number of anilines is 1. The third-order valence-electron chi connectivity index (χ3n) is 2.14. The van der Waals surface area contributed by atoms with E-state index in [4.69, 9.17) is 5.73 Å². The van der Waals surface area contributed by atoms with E-state index in [9.17, 15) is 16.8 Å². The van der Waals surface area contributed by atoms with Gasteiger partial charge in [0, 0.05) is 6.26 Å². The van der Waals surface area contributed by atoms with Crippen molar-refractivity contribution in [3.05, 3.63) is 23.8 Å². The molecule has 0 aliphatic carbocycles. The Bertz CT molecular complexity index is 719. The topological polar surface area (TPSA) is 119 Å². The number of nitrogens with zero attached hydrogens (tertiary/aromatic N) is 1. The van der Waals surface area contributed by atoms with Crippen LogP contribution in [0.4, 0.5) is 5.69 Å². The van der Waals surface area contributed by atoms with Gasteiger partial charge in [-0.1, -0.05) is 6.07 Å². The van der Waals surface area contributed by atoms with Crippen molar-refractivity contribution in [1.82, 2.24) is 0 Å². The predicted molar refractivity (Wildman–Crippen MR) is 62.8 cm³/mol. The van der Waals surface area contributed by atoms with Gasteiger partial charge < -0.3 is 5.73 Å². The van der Waals surface area contributed by atoms with E-state index in [0.29, 0.717) is 0 Å². The highest BCUT2D eigenvalue weighted by Gasteiger charge is 2.26. The molecule has 1 aliphatic rings. The van der Waals surface area contributed by atoms with Crippen molar-refractivity contribution in [2.24, 2.45) is 10.1 Å². The van der Waals surface area contributed by atoms with E-state index < -0.39 is 20.0 Å². The van der Waals surface area contributed by atoms with Crippen LogP contribution < -0.4 is 10.5 Å². The summed E-state index contributed by atoms with van der Waals surface area (Å²) in [5, 5.41) is 0. The van der Waals surface area contributed by atoms with Gasteiger partial charge in [0.2, 0.25) is 0 Å². The number of hydrogen-bond acceptors (Lipinski definition) is 5. The number of sulfone groups is 1. The molecule has 0 fully saturated rings. The van der Waals surface area contributed by atoms with Gasteiger partial charge in [0.1, 0.15) is 5.84 Å². The molecule has 0 radical (unpaired) electrons. The molecular weight excluding hydrogens is 266 g/mol. The first kappa shape index (κ1) is 11.9. The minimum Gasteiger partial charge on any atom is -0.382 e. The number of nitrogens with one attached hydrogen (secondary N) is 1. The summed E-state index contributed by atoms with van der Waals surface area (Å²) in [5.41, 5.74) is 5.69. The SMILES string of the molecule is CS(=O)(=O)c1cccc2c1C(N)=NS(=O)(=O)N2. The molecule has 92 valence electrons. The monoisotopic (exact) mass is 275 g/mol. The van der Waals surface area contributed by atoms with Gasteiger partial charge in [-0.2, -0.15) is 8.42 Å². The molecule has 17 heavy (non-hydrogen) atoms. The molecule has 0 aromatic heterocycles. The van der Waals surface area contributed by atoms with Gasteiger partial charge >= 0.3 is 10.2 Å². The first-order valence-corrected chi connectivity index (χ1v) is 7.75. The fourth-order valence-electron chi connectivity index (χ4n) is 1.53. The lowest BCUT2D eigenvalue weighted by Gasteiger charge is -2.17. The van der Waals surface area contributed by atoms with Crippen molar-refractivity contribution in [2.45, 2.75) is 4.90 Å². The molecule has 0 spiro atoms. The van der Waals surface area contributed by atoms with Gasteiger partial charge in [0.25, 0.3) is 0 Å². The predicted octanol–water partition coefficient (Wildman–Crippen LogP) is -0.534. The summed E-state index contributed by atoms with van der Waals surface area (Å²) in [4.78, 5) is -0.0568. The second-order valence-electron chi connectivity index (χ2n) is 3.50. The highest BCUT2D eigenvalue weighted by atomic mass is 32.2. The quantitative estimate of drug-likeness (QED) is 0.713. The normalized spacial score (nSPS) is 17.8. The highest BCUT2D eigenvalue weighted by molar-refractivity contribution is 7.92. The van der Waals surface area contributed by atoms with Gasteiger partial charge in [0.15, 0.2) is 9.84 Å². The molecule has 0 unspecified atom stereocenters. The van der Waals surface area contributed by atoms with Crippen LogP contribution in [0.15, 0.2) is 27.5 Å². The number of benzene rings is 1. The van der Waals surface area contributed by atoms with Crippen molar-refractivity contribution in [3.63, 3.8) is 0 Å². The summed E-state index contributed by atoms with van der Waals surface area (Å²) in [6.45, 7) is 0. The lowest BCUT2D eigenvalue weighted by atomic mass is 10.1. The molecule has 1 aromatic rings. The lowest BCUT2D eigenvalue weighted by molar-refractivity contribution is 0.598. The molecule has 7 nitrogen and oxygen atoms in total. The molecule has 0 saturated carbocycles. The lowest BCUT2D eigenvalue weighted by Crippen LogP contribution is -2.28. The molecular formula is C8H9N3O4S2. The summed E-state index contributed by atoms with van der Waals surface area (Å²) >= 11 is 0. The summed E-state index contributed by atoms with van der Waals surface area (Å²) in [7, 11) is -7.40. The molecule has 0 amide bonds. The van der Waals surface area contributed by atoms with E-state index in [1.807, 2.05) is 0 Å². The Hall–Kier alpha value is -1.61. The van der Waals surface area contributed by atoms with Crippen molar-refractivity contribution in [1.29, 1.82) is 0 Å². The van der Waals surface area contributed by atoms with Crippen LogP contribution in [0.1, 0.15) is 5.56 Å². The van der Waals surface area contributed by atoms with E-state index in [-0.39, 0.29) is 22.0 Å². The fraction of sp³-hybridized carbons (Fsp3) is 0.125. The van der Waals surface area contributed by atoms with Gasteiger partial charge in [0.05, 0.1) is 16.1 Å². The third kappa shape index (κ3) is 2.11. The van der Waals surface area contributed by atoms with Crippen LogP contribution in [-0.4, -0.2) is 28.9 Å². The maximum Gasteiger partial charge on any atom is 0.344 e. The van der Waals surface area contributed by atoms with Crippen molar-refractivity contribution >= 4 is 31.6 Å². The van der Waals surface area contributed by atoms with Gasteiger partial charge in [-0.15, -0.1) is 4.40 Å². The van der Waals surface area contributed by atoms with Crippen molar-refractivity contribution in [2.75, 3.05) is 11.0 Å². The Labute approximate surface area is 98.5 Å². The molecule has 1 aliphatic heterocycles. The molecule has 0 bridgehead atoms. The smallest absolute Gasteiger partial charge is 0.344 e. The number of rotatable bonds is 1. The van der Waals surface area contributed by atoms with Crippen LogP contribution in [-0.2, 0) is 20.0 Å². The van der Waals surface area contributed by atoms with Gasteiger partial charge in [-0.05, 0) is 12.1 Å². The molecule has 1 aromatic carbocycles. The van der Waals surface area contributed by atoms with Crippen molar-refractivity contribution < 1.29 is 16.8 Å². The molecule has 1 heterocycles. The summed E-state index contributed by atoms with van der Waals surface area (Å²) < 4.78 is 50.9. The Morgan fingerprint density at radius 2 is 2.00 bits per heavy atom. The molecule has 3 N–H and O–H groups in total. The Morgan fingerprint density at radius 1 is 1.35 bits per heavy atom. The van der Waals surface area contributed by atoms with Crippen LogP contribution in [0.3, 0.4) is 0 Å². The Morgan fingerprint density at radius 3 is 2.59 bits per heavy atom. The Balaban J connectivity index is 2.83. The second-order valence-corrected chi connectivity index (χ2v) is 6.83. The van der Waals surface area contributed by atoms with E-state index in [1.165, 1.54) is 18.2 Å². The minimum atomic E-state index is -3.89. The number of fused-ring (bicyclic) bond motifs is 1. The summed E-state index contributed by atoms with van der Waals surface area (Å²) in [5.74, 6) is -0.334. The average molecular weight is 275 g/mol. The van der Waals surface area contributed by atoms with Crippen LogP contribution in [0.5, 0.6) is 0 Å². The average Bonchev–Trinajstić information content (AvgIpc) is 2.13. The van der Waals surface area contributed by atoms with Gasteiger partial charge in [-0.25, -0.2) is 8.42 Å². The number of hydrogen-bond donors (Lipinski definition) is 2.